The van der Waals surface area contributed by atoms with Crippen LogP contribution in [0.5, 0.6) is 0 Å². The van der Waals surface area contributed by atoms with E-state index in [2.05, 4.69) is 4.72 Å². The van der Waals surface area contributed by atoms with Crippen LogP contribution in [0.4, 0.5) is 0 Å². The van der Waals surface area contributed by atoms with Crippen molar-refractivity contribution in [2.45, 2.75) is 51.6 Å². The van der Waals surface area contributed by atoms with Crippen LogP contribution in [0.3, 0.4) is 0 Å². The van der Waals surface area contributed by atoms with Gasteiger partial charge in [-0.15, -0.1) is 0 Å². The standard InChI is InChI=1S/C12H22N2O5S/c1-4-8-20(18,19)13-9(2)10(15)14-7-5-6-12(14,3)11(16)17/h9,13H,4-8H2,1-3H3,(H,16,17). The Morgan fingerprint density at radius 2 is 2.05 bits per heavy atom. The molecular formula is C12H22N2O5S. The Morgan fingerprint density at radius 1 is 1.45 bits per heavy atom. The third-order valence-corrected chi connectivity index (χ3v) is 5.23. The maximum atomic E-state index is 12.3. The number of carboxylic acids is 1. The Bertz CT molecular complexity index is 490. The highest BCUT2D eigenvalue weighted by molar-refractivity contribution is 7.89. The Morgan fingerprint density at radius 3 is 2.55 bits per heavy atom. The van der Waals surface area contributed by atoms with E-state index in [9.17, 15) is 23.1 Å². The molecule has 20 heavy (non-hydrogen) atoms. The van der Waals surface area contributed by atoms with Gasteiger partial charge >= 0.3 is 5.97 Å². The number of carbonyl (C=O) groups is 2. The number of sulfonamides is 1. The van der Waals surface area contributed by atoms with Crippen LogP contribution < -0.4 is 4.72 Å². The van der Waals surface area contributed by atoms with Crippen molar-refractivity contribution in [3.8, 4) is 0 Å². The number of hydrogen-bond acceptors (Lipinski definition) is 4. The summed E-state index contributed by atoms with van der Waals surface area (Å²) < 4.78 is 25.6. The number of likely N-dealkylation sites (tertiary alicyclic amines) is 1. The van der Waals surface area contributed by atoms with Crippen molar-refractivity contribution < 1.29 is 23.1 Å². The first-order valence-corrected chi connectivity index (χ1v) is 8.34. The van der Waals surface area contributed by atoms with Crippen LogP contribution in [0.1, 0.15) is 40.0 Å². The molecule has 0 radical (unpaired) electrons. The van der Waals surface area contributed by atoms with E-state index in [1.165, 1.54) is 18.7 Å². The second kappa shape index (κ2) is 6.09. The molecule has 0 aromatic heterocycles. The first-order chi connectivity index (χ1) is 9.14. The lowest BCUT2D eigenvalue weighted by Crippen LogP contribution is -2.56. The van der Waals surface area contributed by atoms with Gasteiger partial charge in [0.2, 0.25) is 15.9 Å². The number of carbonyl (C=O) groups excluding carboxylic acids is 1. The molecule has 1 amide bonds. The van der Waals surface area contributed by atoms with Gasteiger partial charge in [0, 0.05) is 6.54 Å². The predicted molar refractivity (Wildman–Crippen MR) is 73.7 cm³/mol. The Hall–Kier alpha value is -1.15. The van der Waals surface area contributed by atoms with Gasteiger partial charge in [0.05, 0.1) is 11.8 Å². The molecule has 0 aromatic carbocycles. The zero-order valence-corrected chi connectivity index (χ0v) is 12.9. The second-order valence-electron chi connectivity index (χ2n) is 5.33. The van der Waals surface area contributed by atoms with Gasteiger partial charge in [-0.05, 0) is 33.1 Å². The minimum absolute atomic E-state index is 0.0547. The van der Waals surface area contributed by atoms with Crippen LogP contribution in [0.2, 0.25) is 0 Å². The van der Waals surface area contributed by atoms with E-state index in [0.717, 1.165) is 0 Å². The van der Waals surface area contributed by atoms with Crippen LogP contribution in [0.25, 0.3) is 0 Å². The smallest absolute Gasteiger partial charge is 0.329 e. The summed E-state index contributed by atoms with van der Waals surface area (Å²) in [6.45, 7) is 5.00. The fraction of sp³-hybridized carbons (Fsp3) is 0.833. The Labute approximate surface area is 119 Å². The van der Waals surface area contributed by atoms with Gasteiger partial charge < -0.3 is 10.0 Å². The highest BCUT2D eigenvalue weighted by atomic mass is 32.2. The summed E-state index contributed by atoms with van der Waals surface area (Å²) in [5.41, 5.74) is -1.25. The fourth-order valence-electron chi connectivity index (χ4n) is 2.42. The van der Waals surface area contributed by atoms with Crippen LogP contribution in [0.15, 0.2) is 0 Å². The van der Waals surface area contributed by atoms with Crippen molar-refractivity contribution in [2.75, 3.05) is 12.3 Å². The number of nitrogens with one attached hydrogen (secondary N) is 1. The van der Waals surface area contributed by atoms with E-state index in [0.29, 0.717) is 25.8 Å². The van der Waals surface area contributed by atoms with Crippen molar-refractivity contribution >= 4 is 21.9 Å². The van der Waals surface area contributed by atoms with E-state index < -0.39 is 33.5 Å². The number of aliphatic carboxylic acids is 1. The molecule has 0 aliphatic carbocycles. The summed E-state index contributed by atoms with van der Waals surface area (Å²) in [4.78, 5) is 24.9. The molecule has 1 saturated heterocycles. The molecule has 7 nitrogen and oxygen atoms in total. The third kappa shape index (κ3) is 3.49. The number of carboxylic acid groups (broad SMARTS) is 1. The largest absolute Gasteiger partial charge is 0.480 e. The number of rotatable bonds is 6. The van der Waals surface area contributed by atoms with Gasteiger partial charge in [-0.2, -0.15) is 0 Å². The van der Waals surface area contributed by atoms with Gasteiger partial charge in [-0.3, -0.25) is 4.79 Å². The zero-order chi connectivity index (χ0) is 15.6. The molecule has 1 heterocycles. The summed E-state index contributed by atoms with van der Waals surface area (Å²) in [7, 11) is -3.51. The monoisotopic (exact) mass is 306 g/mol. The van der Waals surface area contributed by atoms with Gasteiger partial charge in [-0.25, -0.2) is 17.9 Å². The van der Waals surface area contributed by atoms with Crippen molar-refractivity contribution in [3.05, 3.63) is 0 Å². The maximum Gasteiger partial charge on any atom is 0.329 e. The lowest BCUT2D eigenvalue weighted by atomic mass is 9.99. The van der Waals surface area contributed by atoms with E-state index in [4.69, 9.17) is 0 Å². The quantitative estimate of drug-likeness (QED) is 0.728. The van der Waals surface area contributed by atoms with Crippen LogP contribution in [-0.2, 0) is 19.6 Å². The number of amides is 1. The van der Waals surface area contributed by atoms with E-state index in [-0.39, 0.29) is 5.75 Å². The zero-order valence-electron chi connectivity index (χ0n) is 12.0. The van der Waals surface area contributed by atoms with Crippen LogP contribution >= 0.6 is 0 Å². The molecule has 2 N–H and O–H groups in total. The topological polar surface area (TPSA) is 104 Å². The minimum atomic E-state index is -3.51. The van der Waals surface area contributed by atoms with E-state index in [1.807, 2.05) is 0 Å². The van der Waals surface area contributed by atoms with E-state index >= 15 is 0 Å². The summed E-state index contributed by atoms with van der Waals surface area (Å²) in [5.74, 6) is -1.61. The first kappa shape index (κ1) is 16.9. The average Bonchev–Trinajstić information content (AvgIpc) is 2.70. The van der Waals surface area contributed by atoms with E-state index in [1.54, 1.807) is 6.92 Å². The summed E-state index contributed by atoms with van der Waals surface area (Å²) in [6.07, 6.45) is 1.43. The second-order valence-corrected chi connectivity index (χ2v) is 7.20. The third-order valence-electron chi connectivity index (χ3n) is 3.57. The van der Waals surface area contributed by atoms with Gasteiger partial charge in [0.25, 0.3) is 0 Å². The summed E-state index contributed by atoms with van der Waals surface area (Å²) in [6, 6.07) is -0.955. The maximum absolute atomic E-state index is 12.3. The Kier molecular flexibility index (Phi) is 5.15. The van der Waals surface area contributed by atoms with Crippen molar-refractivity contribution in [2.24, 2.45) is 0 Å². The van der Waals surface area contributed by atoms with Gasteiger partial charge in [0.15, 0.2) is 0 Å². The molecule has 2 unspecified atom stereocenters. The molecule has 1 aliphatic rings. The summed E-state index contributed by atoms with van der Waals surface area (Å²) >= 11 is 0. The van der Waals surface area contributed by atoms with Gasteiger partial charge in [-0.1, -0.05) is 6.92 Å². The lowest BCUT2D eigenvalue weighted by Gasteiger charge is -2.33. The fourth-order valence-corrected chi connectivity index (χ4v) is 3.71. The van der Waals surface area contributed by atoms with Crippen molar-refractivity contribution in [1.82, 2.24) is 9.62 Å². The molecule has 2 atom stereocenters. The molecule has 0 saturated carbocycles. The van der Waals surface area contributed by atoms with Gasteiger partial charge in [0.1, 0.15) is 5.54 Å². The molecule has 1 aliphatic heterocycles. The molecule has 1 fully saturated rings. The highest BCUT2D eigenvalue weighted by Crippen LogP contribution is 2.29. The highest BCUT2D eigenvalue weighted by Gasteiger charge is 2.47. The number of nitrogens with zero attached hydrogens (tertiary/aromatic N) is 1. The van der Waals surface area contributed by atoms with Crippen LogP contribution in [-0.4, -0.2) is 54.2 Å². The van der Waals surface area contributed by atoms with Crippen molar-refractivity contribution in [1.29, 1.82) is 0 Å². The normalized spacial score (nSPS) is 24.6. The first-order valence-electron chi connectivity index (χ1n) is 6.69. The number of hydrogen-bond donors (Lipinski definition) is 2. The molecule has 1 rings (SSSR count). The molecule has 0 bridgehead atoms. The SMILES string of the molecule is CCCS(=O)(=O)NC(C)C(=O)N1CCCC1(C)C(=O)O. The lowest BCUT2D eigenvalue weighted by molar-refractivity contribution is -0.155. The average molecular weight is 306 g/mol. The minimum Gasteiger partial charge on any atom is -0.480 e. The molecule has 0 spiro atoms. The molecular weight excluding hydrogens is 284 g/mol. The molecule has 0 aromatic rings. The molecule has 116 valence electrons. The molecule has 8 heteroatoms. The van der Waals surface area contributed by atoms with Crippen molar-refractivity contribution in [3.63, 3.8) is 0 Å². The Balaban J connectivity index is 2.82. The summed E-state index contributed by atoms with van der Waals surface area (Å²) in [5, 5.41) is 9.26. The van der Waals surface area contributed by atoms with Crippen LogP contribution in [0, 0.1) is 0 Å². The predicted octanol–water partition coefficient (Wildman–Crippen LogP) is 0.170.